The number of rotatable bonds is 9. The molecule has 0 saturated heterocycles. The Morgan fingerprint density at radius 3 is 2.60 bits per heavy atom. The first-order valence-corrected chi connectivity index (χ1v) is 6.56. The average molecular weight is 279 g/mol. The van der Waals surface area contributed by atoms with Crippen molar-refractivity contribution >= 4 is 18.0 Å². The van der Waals surface area contributed by atoms with Crippen molar-refractivity contribution in [3.05, 3.63) is 29.8 Å². The van der Waals surface area contributed by atoms with Crippen LogP contribution in [0.2, 0.25) is 0 Å². The van der Waals surface area contributed by atoms with Crippen molar-refractivity contribution in [1.82, 2.24) is 10.6 Å². The van der Waals surface area contributed by atoms with Crippen LogP contribution in [0.1, 0.15) is 18.4 Å². The van der Waals surface area contributed by atoms with Crippen molar-refractivity contribution in [1.29, 1.82) is 0 Å². The molecule has 0 aliphatic rings. The van der Waals surface area contributed by atoms with Crippen LogP contribution < -0.4 is 16.0 Å². The number of carbonyl (C=O) groups is 2. The molecule has 0 radical (unpaired) electrons. The first kappa shape index (κ1) is 16.1. The van der Waals surface area contributed by atoms with E-state index in [1.807, 2.05) is 0 Å². The van der Waals surface area contributed by atoms with Crippen molar-refractivity contribution in [2.45, 2.75) is 25.5 Å². The zero-order valence-corrected chi connectivity index (χ0v) is 11.6. The van der Waals surface area contributed by atoms with Crippen LogP contribution in [-0.4, -0.2) is 37.1 Å². The maximum absolute atomic E-state index is 12.0. The molecule has 1 aromatic rings. The lowest BCUT2D eigenvalue weighted by atomic mass is 10.1. The molecule has 1 aromatic carbocycles. The summed E-state index contributed by atoms with van der Waals surface area (Å²) in [5, 5.41) is 17.3. The summed E-state index contributed by atoms with van der Waals surface area (Å²) in [6.07, 6.45) is 2.01. The molecule has 20 heavy (non-hydrogen) atoms. The summed E-state index contributed by atoms with van der Waals surface area (Å²) >= 11 is 0. The number of hydrogen-bond donors (Lipinski definition) is 4. The fourth-order valence-corrected chi connectivity index (χ4v) is 1.80. The van der Waals surface area contributed by atoms with Crippen molar-refractivity contribution in [3.63, 3.8) is 0 Å². The number of benzene rings is 1. The van der Waals surface area contributed by atoms with E-state index in [9.17, 15) is 9.59 Å². The van der Waals surface area contributed by atoms with Crippen LogP contribution in [-0.2, 0) is 16.2 Å². The Balaban J connectivity index is 2.46. The maximum Gasteiger partial charge on any atom is 0.241 e. The van der Waals surface area contributed by atoms with Gasteiger partial charge in [0.15, 0.2) is 0 Å². The van der Waals surface area contributed by atoms with Gasteiger partial charge < -0.3 is 21.1 Å². The van der Waals surface area contributed by atoms with Gasteiger partial charge in [-0.3, -0.25) is 9.59 Å². The highest BCUT2D eigenvalue weighted by atomic mass is 16.3. The van der Waals surface area contributed by atoms with Crippen LogP contribution in [0.4, 0.5) is 5.69 Å². The molecule has 0 spiro atoms. The summed E-state index contributed by atoms with van der Waals surface area (Å²) in [6, 6.07) is 6.73. The van der Waals surface area contributed by atoms with Gasteiger partial charge in [0.1, 0.15) is 0 Å². The number of likely N-dealkylation sites (N-methyl/N-ethyl adjacent to an activating group) is 1. The highest BCUT2D eigenvalue weighted by Crippen LogP contribution is 2.10. The summed E-state index contributed by atoms with van der Waals surface area (Å²) < 4.78 is 0. The molecule has 6 nitrogen and oxygen atoms in total. The number of nitrogens with one attached hydrogen (secondary N) is 3. The second-order valence-corrected chi connectivity index (χ2v) is 4.40. The maximum atomic E-state index is 12.0. The van der Waals surface area contributed by atoms with Crippen LogP contribution >= 0.6 is 0 Å². The monoisotopic (exact) mass is 279 g/mol. The highest BCUT2D eigenvalue weighted by molar-refractivity contribution is 5.94. The van der Waals surface area contributed by atoms with E-state index in [4.69, 9.17) is 5.11 Å². The summed E-state index contributed by atoms with van der Waals surface area (Å²) in [6.45, 7) is 0.539. The Morgan fingerprint density at radius 2 is 2.05 bits per heavy atom. The normalized spacial score (nSPS) is 11.7. The van der Waals surface area contributed by atoms with Gasteiger partial charge in [0.25, 0.3) is 0 Å². The summed E-state index contributed by atoms with van der Waals surface area (Å²) in [4.78, 5) is 22.2. The Hall–Kier alpha value is -1.92. The highest BCUT2D eigenvalue weighted by Gasteiger charge is 2.15. The molecule has 1 unspecified atom stereocenters. The van der Waals surface area contributed by atoms with E-state index in [2.05, 4.69) is 16.0 Å². The largest absolute Gasteiger partial charge is 0.392 e. The number of carbonyl (C=O) groups excluding carboxylic acids is 2. The van der Waals surface area contributed by atoms with Gasteiger partial charge in [0.2, 0.25) is 12.3 Å². The molecule has 0 aliphatic carbocycles. The molecule has 1 atom stereocenters. The molecule has 0 fully saturated rings. The van der Waals surface area contributed by atoms with E-state index in [0.717, 1.165) is 12.0 Å². The smallest absolute Gasteiger partial charge is 0.241 e. The van der Waals surface area contributed by atoms with Gasteiger partial charge in [-0.05, 0) is 37.6 Å². The van der Waals surface area contributed by atoms with Crippen LogP contribution in [0, 0.1) is 0 Å². The van der Waals surface area contributed by atoms with Crippen molar-refractivity contribution in [2.75, 3.05) is 18.9 Å². The van der Waals surface area contributed by atoms with Gasteiger partial charge >= 0.3 is 0 Å². The van der Waals surface area contributed by atoms with E-state index >= 15 is 0 Å². The Morgan fingerprint density at radius 1 is 1.35 bits per heavy atom. The quantitative estimate of drug-likeness (QED) is 0.385. The molecule has 0 heterocycles. The van der Waals surface area contributed by atoms with Gasteiger partial charge in [-0.15, -0.1) is 0 Å². The second-order valence-electron chi connectivity index (χ2n) is 4.40. The molecule has 0 saturated carbocycles. The number of hydrogen-bond acceptors (Lipinski definition) is 4. The Labute approximate surface area is 118 Å². The number of anilines is 1. The fourth-order valence-electron chi connectivity index (χ4n) is 1.80. The lowest BCUT2D eigenvalue weighted by Gasteiger charge is -2.16. The lowest BCUT2D eigenvalue weighted by Crippen LogP contribution is -2.38. The lowest BCUT2D eigenvalue weighted by molar-refractivity contribution is -0.118. The molecule has 1 rings (SSSR count). The van der Waals surface area contributed by atoms with Crippen LogP contribution in [0.3, 0.4) is 0 Å². The van der Waals surface area contributed by atoms with E-state index in [1.165, 1.54) is 0 Å². The van der Waals surface area contributed by atoms with Gasteiger partial charge in [0, 0.05) is 12.2 Å². The van der Waals surface area contributed by atoms with E-state index in [1.54, 1.807) is 31.3 Å². The third-order valence-corrected chi connectivity index (χ3v) is 2.97. The van der Waals surface area contributed by atoms with Crippen LogP contribution in [0.25, 0.3) is 0 Å². The number of aliphatic hydroxyl groups excluding tert-OH is 1. The molecule has 0 aliphatic heterocycles. The molecular weight excluding hydrogens is 258 g/mol. The predicted molar refractivity (Wildman–Crippen MR) is 77.1 cm³/mol. The van der Waals surface area contributed by atoms with Crippen molar-refractivity contribution in [2.24, 2.45) is 0 Å². The standard InChI is InChI=1S/C14H21N3O3/c1-15-13(3-2-8-16-10-19)14(20)17-12-6-4-11(9-18)5-7-12/h4-7,10,13,15,18H,2-3,8-9H2,1H3,(H,16,19)(H,17,20). The topological polar surface area (TPSA) is 90.5 Å². The molecule has 110 valence electrons. The second kappa shape index (κ2) is 9.06. The zero-order chi connectivity index (χ0) is 14.8. The van der Waals surface area contributed by atoms with Crippen LogP contribution in [0.5, 0.6) is 0 Å². The summed E-state index contributed by atoms with van der Waals surface area (Å²) in [7, 11) is 1.73. The zero-order valence-electron chi connectivity index (χ0n) is 11.6. The summed E-state index contributed by atoms with van der Waals surface area (Å²) in [5.74, 6) is -0.115. The minimum absolute atomic E-state index is 0.0168. The van der Waals surface area contributed by atoms with E-state index < -0.39 is 0 Å². The van der Waals surface area contributed by atoms with Crippen LogP contribution in [0.15, 0.2) is 24.3 Å². The third-order valence-electron chi connectivity index (χ3n) is 2.97. The average Bonchev–Trinajstić information content (AvgIpc) is 2.48. The third kappa shape index (κ3) is 5.38. The minimum atomic E-state index is -0.305. The van der Waals surface area contributed by atoms with Gasteiger partial charge in [-0.2, -0.15) is 0 Å². The van der Waals surface area contributed by atoms with Crippen molar-refractivity contribution < 1.29 is 14.7 Å². The van der Waals surface area contributed by atoms with E-state index in [-0.39, 0.29) is 18.6 Å². The number of amides is 2. The molecule has 0 bridgehead atoms. The molecular formula is C14H21N3O3. The fraction of sp³-hybridized carbons (Fsp3) is 0.429. The first-order chi connectivity index (χ1) is 9.71. The van der Waals surface area contributed by atoms with Crippen molar-refractivity contribution in [3.8, 4) is 0 Å². The van der Waals surface area contributed by atoms with Gasteiger partial charge in [0.05, 0.1) is 12.6 Å². The van der Waals surface area contributed by atoms with E-state index in [0.29, 0.717) is 25.1 Å². The number of aliphatic hydroxyl groups is 1. The first-order valence-electron chi connectivity index (χ1n) is 6.56. The minimum Gasteiger partial charge on any atom is -0.392 e. The molecule has 4 N–H and O–H groups in total. The molecule has 6 heteroatoms. The molecule has 0 aromatic heterocycles. The summed E-state index contributed by atoms with van der Waals surface area (Å²) in [5.41, 5.74) is 1.49. The Bertz CT molecular complexity index is 420. The SMILES string of the molecule is CNC(CCCNC=O)C(=O)Nc1ccc(CO)cc1. The molecule has 2 amide bonds. The Kier molecular flexibility index (Phi) is 7.31. The predicted octanol–water partition coefficient (Wildman–Crippen LogP) is 0.232. The van der Waals surface area contributed by atoms with Gasteiger partial charge in [-0.1, -0.05) is 12.1 Å². The van der Waals surface area contributed by atoms with Gasteiger partial charge in [-0.25, -0.2) is 0 Å².